The number of rotatable bonds is 4. The fourth-order valence-electron chi connectivity index (χ4n) is 3.84. The van der Waals surface area contributed by atoms with Gasteiger partial charge in [-0.05, 0) is 32.8 Å². The summed E-state index contributed by atoms with van der Waals surface area (Å²) in [5.74, 6) is -0.185. The van der Waals surface area contributed by atoms with Crippen LogP contribution in [0, 0.1) is 19.8 Å². The standard InChI is InChI=1S/C17H27N3O5S3/c1-13-12-16(14(2)26-13)28(24,25)20-10-8-18(9-11-20)17(21)15-4-6-19(7-5-15)27(3,22)23/h12,15H,4-11H2,1-3H3. The van der Waals surface area contributed by atoms with E-state index in [-0.39, 0.29) is 24.9 Å². The molecule has 0 spiro atoms. The Labute approximate surface area is 171 Å². The number of sulfonamides is 2. The molecule has 2 saturated heterocycles. The molecule has 2 aliphatic rings. The maximum atomic E-state index is 12.9. The number of carbonyl (C=O) groups is 1. The van der Waals surface area contributed by atoms with Crippen molar-refractivity contribution in [2.24, 2.45) is 5.92 Å². The summed E-state index contributed by atoms with van der Waals surface area (Å²) in [5.41, 5.74) is 0. The van der Waals surface area contributed by atoms with Crippen LogP contribution in [-0.4, -0.2) is 81.8 Å². The number of aryl methyl sites for hydroxylation is 2. The molecule has 11 heteroatoms. The Kier molecular flexibility index (Phi) is 6.21. The third-order valence-electron chi connectivity index (χ3n) is 5.44. The topological polar surface area (TPSA) is 95.1 Å². The van der Waals surface area contributed by atoms with Crippen LogP contribution in [0.25, 0.3) is 0 Å². The highest BCUT2D eigenvalue weighted by molar-refractivity contribution is 7.89. The van der Waals surface area contributed by atoms with Crippen LogP contribution in [0.1, 0.15) is 22.6 Å². The molecular formula is C17H27N3O5S3. The molecule has 8 nitrogen and oxygen atoms in total. The van der Waals surface area contributed by atoms with Crippen LogP contribution in [0.2, 0.25) is 0 Å². The van der Waals surface area contributed by atoms with E-state index in [2.05, 4.69) is 0 Å². The van der Waals surface area contributed by atoms with Crippen molar-refractivity contribution < 1.29 is 21.6 Å². The number of nitrogens with zero attached hydrogens (tertiary/aromatic N) is 3. The number of thiophene rings is 1. The Morgan fingerprint density at radius 2 is 1.54 bits per heavy atom. The summed E-state index contributed by atoms with van der Waals surface area (Å²) in [6.07, 6.45) is 2.21. The van der Waals surface area contributed by atoms with E-state index in [4.69, 9.17) is 0 Å². The van der Waals surface area contributed by atoms with E-state index >= 15 is 0 Å². The lowest BCUT2D eigenvalue weighted by Crippen LogP contribution is -2.53. The van der Waals surface area contributed by atoms with Crippen molar-refractivity contribution in [3.05, 3.63) is 15.8 Å². The summed E-state index contributed by atoms with van der Waals surface area (Å²) in [7, 11) is -6.75. The van der Waals surface area contributed by atoms with Crippen LogP contribution in [0.5, 0.6) is 0 Å². The maximum Gasteiger partial charge on any atom is 0.244 e. The molecule has 0 atom stereocenters. The lowest BCUT2D eigenvalue weighted by molar-refractivity contribution is -0.137. The number of amides is 1. The lowest BCUT2D eigenvalue weighted by atomic mass is 9.96. The molecule has 158 valence electrons. The molecule has 3 rings (SSSR count). The van der Waals surface area contributed by atoms with Crippen molar-refractivity contribution in [2.45, 2.75) is 31.6 Å². The zero-order valence-corrected chi connectivity index (χ0v) is 18.9. The van der Waals surface area contributed by atoms with E-state index in [0.29, 0.717) is 43.9 Å². The normalized spacial score (nSPS) is 21.2. The van der Waals surface area contributed by atoms with Gasteiger partial charge >= 0.3 is 0 Å². The van der Waals surface area contributed by atoms with Gasteiger partial charge in [-0.3, -0.25) is 4.79 Å². The van der Waals surface area contributed by atoms with Gasteiger partial charge in [-0.15, -0.1) is 11.3 Å². The van der Waals surface area contributed by atoms with Crippen molar-refractivity contribution in [3.8, 4) is 0 Å². The van der Waals surface area contributed by atoms with Crippen LogP contribution in [0.4, 0.5) is 0 Å². The largest absolute Gasteiger partial charge is 0.340 e. The third-order valence-corrected chi connectivity index (χ3v) is 9.86. The van der Waals surface area contributed by atoms with E-state index < -0.39 is 20.0 Å². The predicted molar refractivity (Wildman–Crippen MR) is 108 cm³/mol. The Hall–Kier alpha value is -1.01. The monoisotopic (exact) mass is 449 g/mol. The number of piperidine rings is 1. The molecule has 0 aromatic carbocycles. The fraction of sp³-hybridized carbons (Fsp3) is 0.706. The van der Waals surface area contributed by atoms with Crippen molar-refractivity contribution in [3.63, 3.8) is 0 Å². The fourth-order valence-corrected chi connectivity index (χ4v) is 7.66. The van der Waals surface area contributed by atoms with E-state index in [1.165, 1.54) is 26.2 Å². The summed E-state index contributed by atoms with van der Waals surface area (Å²) in [4.78, 5) is 16.6. The van der Waals surface area contributed by atoms with Crippen LogP contribution >= 0.6 is 11.3 Å². The SMILES string of the molecule is Cc1cc(S(=O)(=O)N2CCN(C(=O)C3CCN(S(C)(=O)=O)CC3)CC2)c(C)s1. The first-order chi connectivity index (χ1) is 13.0. The molecule has 0 saturated carbocycles. The molecule has 2 fully saturated rings. The van der Waals surface area contributed by atoms with Gasteiger partial charge < -0.3 is 4.90 Å². The summed E-state index contributed by atoms with van der Waals surface area (Å²) in [6.45, 7) is 5.73. The summed E-state index contributed by atoms with van der Waals surface area (Å²) >= 11 is 1.47. The van der Waals surface area contributed by atoms with Crippen LogP contribution in [0.15, 0.2) is 11.0 Å². The molecule has 0 aliphatic carbocycles. The minimum atomic E-state index is -3.54. The summed E-state index contributed by atoms with van der Waals surface area (Å²) < 4.78 is 51.9. The van der Waals surface area contributed by atoms with Gasteiger partial charge in [-0.2, -0.15) is 4.31 Å². The number of carbonyl (C=O) groups excluding carboxylic acids is 1. The Balaban J connectivity index is 1.58. The average molecular weight is 450 g/mol. The van der Waals surface area contributed by atoms with Crippen molar-refractivity contribution in [2.75, 3.05) is 45.5 Å². The van der Waals surface area contributed by atoms with Gasteiger partial charge in [0.05, 0.1) is 11.2 Å². The first kappa shape index (κ1) is 21.7. The lowest BCUT2D eigenvalue weighted by Gasteiger charge is -2.37. The van der Waals surface area contributed by atoms with Gasteiger partial charge in [0.2, 0.25) is 26.0 Å². The van der Waals surface area contributed by atoms with Gasteiger partial charge in [0.15, 0.2) is 0 Å². The van der Waals surface area contributed by atoms with Gasteiger partial charge in [0.25, 0.3) is 0 Å². The highest BCUT2D eigenvalue weighted by atomic mass is 32.2. The zero-order valence-electron chi connectivity index (χ0n) is 16.4. The molecule has 28 heavy (non-hydrogen) atoms. The van der Waals surface area contributed by atoms with Crippen LogP contribution < -0.4 is 0 Å². The Bertz CT molecular complexity index is 939. The highest BCUT2D eigenvalue weighted by Crippen LogP contribution is 2.29. The summed E-state index contributed by atoms with van der Waals surface area (Å²) in [6, 6.07) is 1.71. The molecule has 0 unspecified atom stereocenters. The molecule has 2 aliphatic heterocycles. The van der Waals surface area contributed by atoms with Gasteiger partial charge in [-0.1, -0.05) is 0 Å². The van der Waals surface area contributed by atoms with E-state index in [0.717, 1.165) is 9.75 Å². The second kappa shape index (κ2) is 8.02. The molecule has 1 aromatic rings. The van der Waals surface area contributed by atoms with Crippen molar-refractivity contribution >= 4 is 37.3 Å². The van der Waals surface area contributed by atoms with E-state index in [1.54, 1.807) is 11.0 Å². The molecule has 0 N–H and O–H groups in total. The quantitative estimate of drug-likeness (QED) is 0.680. The van der Waals surface area contributed by atoms with Gasteiger partial charge in [0, 0.05) is 54.9 Å². The number of hydrogen-bond acceptors (Lipinski definition) is 6. The maximum absolute atomic E-state index is 12.9. The Morgan fingerprint density at radius 1 is 0.964 bits per heavy atom. The molecule has 3 heterocycles. The smallest absolute Gasteiger partial charge is 0.244 e. The predicted octanol–water partition coefficient (Wildman–Crippen LogP) is 0.869. The molecule has 1 amide bonds. The zero-order chi connectivity index (χ0) is 20.7. The number of piperazine rings is 1. The van der Waals surface area contributed by atoms with Crippen molar-refractivity contribution in [1.29, 1.82) is 0 Å². The van der Waals surface area contributed by atoms with Gasteiger partial charge in [0.1, 0.15) is 0 Å². The van der Waals surface area contributed by atoms with E-state index in [1.807, 2.05) is 13.8 Å². The van der Waals surface area contributed by atoms with Crippen LogP contribution in [0.3, 0.4) is 0 Å². The van der Waals surface area contributed by atoms with Crippen LogP contribution in [-0.2, 0) is 24.8 Å². The minimum Gasteiger partial charge on any atom is -0.340 e. The third kappa shape index (κ3) is 4.43. The average Bonchev–Trinajstić information content (AvgIpc) is 2.99. The minimum absolute atomic E-state index is 0.00718. The molecule has 0 bridgehead atoms. The molecular weight excluding hydrogens is 422 g/mol. The Morgan fingerprint density at radius 3 is 2.00 bits per heavy atom. The van der Waals surface area contributed by atoms with Crippen molar-refractivity contribution in [1.82, 2.24) is 13.5 Å². The van der Waals surface area contributed by atoms with Gasteiger partial charge in [-0.25, -0.2) is 21.1 Å². The first-order valence-electron chi connectivity index (χ1n) is 9.31. The molecule has 0 radical (unpaired) electrons. The highest BCUT2D eigenvalue weighted by Gasteiger charge is 2.35. The molecule has 1 aromatic heterocycles. The van der Waals surface area contributed by atoms with E-state index in [9.17, 15) is 21.6 Å². The number of hydrogen-bond donors (Lipinski definition) is 0. The summed E-state index contributed by atoms with van der Waals surface area (Å²) in [5, 5.41) is 0. The first-order valence-corrected chi connectivity index (χ1v) is 13.4. The second-order valence-electron chi connectivity index (χ2n) is 7.44. The second-order valence-corrected chi connectivity index (χ2v) is 12.8.